The molecule has 3 fully saturated rings. The Hall–Kier alpha value is -2.11. The van der Waals surface area contributed by atoms with Crippen molar-refractivity contribution in [2.75, 3.05) is 77.6 Å². The smallest absolute Gasteiger partial charge is 0.317 e. The first kappa shape index (κ1) is 23.1. The van der Waals surface area contributed by atoms with Gasteiger partial charge in [0.2, 0.25) is 0 Å². The van der Waals surface area contributed by atoms with Crippen molar-refractivity contribution >= 4 is 11.7 Å². The van der Waals surface area contributed by atoms with Gasteiger partial charge in [-0.15, -0.1) is 0 Å². The number of hydrogen-bond donors (Lipinski definition) is 3. The molecule has 32 heavy (non-hydrogen) atoms. The van der Waals surface area contributed by atoms with E-state index in [4.69, 9.17) is 14.2 Å². The highest BCUT2D eigenvalue weighted by atomic mass is 16.5. The number of benzene rings is 1. The van der Waals surface area contributed by atoms with Crippen LogP contribution in [-0.4, -0.2) is 123 Å². The summed E-state index contributed by atoms with van der Waals surface area (Å²) >= 11 is 0. The third-order valence-electron chi connectivity index (χ3n) is 6.56. The fraction of sp³-hybridized carbons (Fsp3) is 0.682. The number of nitrogens with one attached hydrogen (secondary N) is 1. The number of nitrogens with zero attached hydrogens (tertiary/aromatic N) is 3. The van der Waals surface area contributed by atoms with Gasteiger partial charge in [0.15, 0.2) is 0 Å². The van der Waals surface area contributed by atoms with E-state index < -0.39 is 18.3 Å². The lowest BCUT2D eigenvalue weighted by atomic mass is 10.0. The van der Waals surface area contributed by atoms with E-state index in [1.807, 2.05) is 24.3 Å². The van der Waals surface area contributed by atoms with E-state index in [1.54, 1.807) is 12.0 Å². The average Bonchev–Trinajstić information content (AvgIpc) is 3.18. The third-order valence-corrected chi connectivity index (χ3v) is 6.56. The Morgan fingerprint density at radius 1 is 1.12 bits per heavy atom. The van der Waals surface area contributed by atoms with E-state index in [0.29, 0.717) is 26.3 Å². The Morgan fingerprint density at radius 2 is 1.84 bits per heavy atom. The van der Waals surface area contributed by atoms with Crippen LogP contribution in [0.4, 0.5) is 10.5 Å². The van der Waals surface area contributed by atoms with Gasteiger partial charge in [0.25, 0.3) is 0 Å². The lowest BCUT2D eigenvalue weighted by Gasteiger charge is -2.41. The number of carbonyl (C=O) groups is 1. The summed E-state index contributed by atoms with van der Waals surface area (Å²) in [4.78, 5) is 18.7. The van der Waals surface area contributed by atoms with Crippen molar-refractivity contribution in [1.82, 2.24) is 15.1 Å². The van der Waals surface area contributed by atoms with Gasteiger partial charge < -0.3 is 39.5 Å². The molecule has 4 rings (SSSR count). The topological polar surface area (TPSA) is 107 Å². The molecule has 1 aromatic carbocycles. The number of aliphatic hydroxyl groups is 2. The molecule has 3 saturated heterocycles. The van der Waals surface area contributed by atoms with Crippen molar-refractivity contribution in [2.24, 2.45) is 0 Å². The summed E-state index contributed by atoms with van der Waals surface area (Å²) in [5.41, 5.74) is 1.06. The molecule has 10 nitrogen and oxygen atoms in total. The summed E-state index contributed by atoms with van der Waals surface area (Å²) in [5.74, 6) is 0.842. The first-order chi connectivity index (χ1) is 15.6. The molecule has 4 atom stereocenters. The predicted molar refractivity (Wildman–Crippen MR) is 118 cm³/mol. The van der Waals surface area contributed by atoms with E-state index in [-0.39, 0.29) is 25.2 Å². The van der Waals surface area contributed by atoms with Crippen molar-refractivity contribution in [3.05, 3.63) is 24.3 Å². The van der Waals surface area contributed by atoms with Crippen LogP contribution < -0.4 is 15.0 Å². The Bertz CT molecular complexity index is 754. The molecule has 3 heterocycles. The van der Waals surface area contributed by atoms with Gasteiger partial charge in [0, 0.05) is 45.8 Å². The zero-order valence-electron chi connectivity index (χ0n) is 18.6. The maximum Gasteiger partial charge on any atom is 0.317 e. The SMILES string of the molecule is COc1ccccc1N1CCN([C@H]2[C@H](O)[C@H](CO)O[C@@H]2CNC(=O)N2CCOCC2)CC1. The van der Waals surface area contributed by atoms with Crippen molar-refractivity contribution in [3.8, 4) is 5.75 Å². The van der Waals surface area contributed by atoms with Crippen LogP contribution in [0.2, 0.25) is 0 Å². The molecule has 3 aliphatic rings. The molecule has 0 aromatic heterocycles. The van der Waals surface area contributed by atoms with Crippen LogP contribution in [0.3, 0.4) is 0 Å². The summed E-state index contributed by atoms with van der Waals surface area (Å²) < 4.78 is 16.7. The number of hydrogen-bond acceptors (Lipinski definition) is 8. The molecule has 10 heteroatoms. The van der Waals surface area contributed by atoms with Gasteiger partial charge in [-0.2, -0.15) is 0 Å². The number of ether oxygens (including phenoxy) is 3. The summed E-state index contributed by atoms with van der Waals surface area (Å²) in [7, 11) is 1.67. The second-order valence-electron chi connectivity index (χ2n) is 8.36. The molecule has 3 N–H and O–H groups in total. The van der Waals surface area contributed by atoms with Crippen molar-refractivity contribution < 1.29 is 29.2 Å². The van der Waals surface area contributed by atoms with E-state index >= 15 is 0 Å². The number of morpholine rings is 1. The zero-order chi connectivity index (χ0) is 22.5. The Morgan fingerprint density at radius 3 is 2.53 bits per heavy atom. The van der Waals surface area contributed by atoms with Crippen LogP contribution in [0.25, 0.3) is 0 Å². The van der Waals surface area contributed by atoms with Gasteiger partial charge in [-0.3, -0.25) is 4.90 Å². The molecule has 2 amide bonds. The average molecular weight is 451 g/mol. The minimum Gasteiger partial charge on any atom is -0.495 e. The summed E-state index contributed by atoms with van der Waals surface area (Å²) in [6.07, 6.45) is -1.87. The number of urea groups is 1. The molecule has 0 radical (unpaired) electrons. The van der Waals surface area contributed by atoms with Gasteiger partial charge >= 0.3 is 6.03 Å². The number of methoxy groups -OCH3 is 1. The van der Waals surface area contributed by atoms with E-state index in [1.165, 1.54) is 0 Å². The number of amides is 2. The monoisotopic (exact) mass is 450 g/mol. The maximum atomic E-state index is 12.5. The summed E-state index contributed by atoms with van der Waals surface area (Å²) in [6.45, 7) is 5.25. The summed E-state index contributed by atoms with van der Waals surface area (Å²) in [5, 5.41) is 23.5. The fourth-order valence-corrected chi connectivity index (χ4v) is 4.81. The normalized spacial score (nSPS) is 29.2. The Kier molecular flexibility index (Phi) is 7.69. The molecular weight excluding hydrogens is 416 g/mol. The van der Waals surface area contributed by atoms with Gasteiger partial charge in [0.05, 0.1) is 44.8 Å². The molecule has 0 spiro atoms. The molecular formula is C22H34N4O6. The highest BCUT2D eigenvalue weighted by Gasteiger charge is 2.47. The first-order valence-corrected chi connectivity index (χ1v) is 11.3. The molecule has 0 unspecified atom stereocenters. The quantitative estimate of drug-likeness (QED) is 0.525. The number of rotatable bonds is 6. The molecule has 178 valence electrons. The highest BCUT2D eigenvalue weighted by molar-refractivity contribution is 5.74. The van der Waals surface area contributed by atoms with Gasteiger partial charge in [0.1, 0.15) is 18.0 Å². The van der Waals surface area contributed by atoms with Crippen LogP contribution in [0.1, 0.15) is 0 Å². The molecule has 0 aliphatic carbocycles. The van der Waals surface area contributed by atoms with Gasteiger partial charge in [-0.25, -0.2) is 4.79 Å². The van der Waals surface area contributed by atoms with Crippen LogP contribution in [0.15, 0.2) is 24.3 Å². The lowest BCUT2D eigenvalue weighted by Crippen LogP contribution is -2.58. The predicted octanol–water partition coefficient (Wildman–Crippen LogP) is -0.652. The minimum atomic E-state index is -0.817. The van der Waals surface area contributed by atoms with Crippen molar-refractivity contribution in [1.29, 1.82) is 0 Å². The number of anilines is 1. The number of para-hydroxylation sites is 2. The molecule has 0 saturated carbocycles. The molecule has 3 aliphatic heterocycles. The van der Waals surface area contributed by atoms with Crippen LogP contribution >= 0.6 is 0 Å². The standard InChI is InChI=1S/C22H34N4O6/c1-30-17-5-3-2-4-16(17)24-6-8-25(9-7-24)20-18(32-19(15-27)21(20)28)14-23-22(29)26-10-12-31-13-11-26/h2-5,18-21,27-28H,6-15H2,1H3,(H,23,29)/t18-,19+,20-,21-/m1/s1. The first-order valence-electron chi connectivity index (χ1n) is 11.3. The largest absolute Gasteiger partial charge is 0.495 e. The minimum absolute atomic E-state index is 0.154. The van der Waals surface area contributed by atoms with E-state index in [9.17, 15) is 15.0 Å². The van der Waals surface area contributed by atoms with Crippen LogP contribution in [-0.2, 0) is 9.47 Å². The number of aliphatic hydroxyl groups excluding tert-OH is 2. The van der Waals surface area contributed by atoms with Gasteiger partial charge in [-0.1, -0.05) is 12.1 Å². The lowest BCUT2D eigenvalue weighted by molar-refractivity contribution is -0.0211. The second-order valence-corrected chi connectivity index (χ2v) is 8.36. The molecule has 0 bridgehead atoms. The Balaban J connectivity index is 1.37. The molecule has 1 aromatic rings. The van der Waals surface area contributed by atoms with Crippen molar-refractivity contribution in [2.45, 2.75) is 24.4 Å². The van der Waals surface area contributed by atoms with E-state index in [0.717, 1.165) is 37.6 Å². The Labute approximate surface area is 188 Å². The number of carbonyl (C=O) groups excluding carboxylic acids is 1. The zero-order valence-corrected chi connectivity index (χ0v) is 18.6. The maximum absolute atomic E-state index is 12.5. The van der Waals surface area contributed by atoms with Gasteiger partial charge in [-0.05, 0) is 12.1 Å². The second kappa shape index (κ2) is 10.7. The van der Waals surface area contributed by atoms with E-state index in [2.05, 4.69) is 15.1 Å². The third kappa shape index (κ3) is 4.94. The van der Waals surface area contributed by atoms with Crippen molar-refractivity contribution in [3.63, 3.8) is 0 Å². The fourth-order valence-electron chi connectivity index (χ4n) is 4.81. The van der Waals surface area contributed by atoms with Crippen LogP contribution in [0, 0.1) is 0 Å². The number of piperazine rings is 1. The summed E-state index contributed by atoms with van der Waals surface area (Å²) in [6, 6.07) is 7.51. The highest BCUT2D eigenvalue weighted by Crippen LogP contribution is 2.31. The van der Waals surface area contributed by atoms with Crippen LogP contribution in [0.5, 0.6) is 5.75 Å².